The van der Waals surface area contributed by atoms with Gasteiger partial charge in [-0.3, -0.25) is 14.4 Å². The number of allylic oxidation sites excluding steroid dienone is 2. The lowest BCUT2D eigenvalue weighted by Crippen LogP contribution is -2.43. The summed E-state index contributed by atoms with van der Waals surface area (Å²) in [5, 5.41) is 2.83. The van der Waals surface area contributed by atoms with E-state index in [2.05, 4.69) is 5.32 Å². The van der Waals surface area contributed by atoms with E-state index in [-0.39, 0.29) is 29.9 Å². The van der Waals surface area contributed by atoms with E-state index in [9.17, 15) is 14.4 Å². The molecule has 24 heavy (non-hydrogen) atoms. The van der Waals surface area contributed by atoms with Crippen molar-refractivity contribution in [2.24, 2.45) is 11.3 Å². The fourth-order valence-corrected chi connectivity index (χ4v) is 4.49. The Balaban J connectivity index is 1.95. The topological polar surface area (TPSA) is 72.5 Å². The van der Waals surface area contributed by atoms with Crippen molar-refractivity contribution >= 4 is 17.7 Å². The van der Waals surface area contributed by atoms with Crippen LogP contribution in [0.5, 0.6) is 0 Å². The molecule has 0 aromatic heterocycles. The molecule has 1 amide bonds. The molecule has 1 aliphatic heterocycles. The van der Waals surface area contributed by atoms with E-state index in [1.165, 1.54) is 7.11 Å². The number of benzene rings is 1. The number of nitrogens with one attached hydrogen (secondary N) is 1. The van der Waals surface area contributed by atoms with Crippen LogP contribution in [-0.2, 0) is 25.5 Å². The van der Waals surface area contributed by atoms with Gasteiger partial charge in [0.2, 0.25) is 5.91 Å². The molecular formula is C19H19NO4. The molecule has 0 radical (unpaired) electrons. The maximum absolute atomic E-state index is 12.7. The van der Waals surface area contributed by atoms with Crippen LogP contribution in [0.4, 0.5) is 0 Å². The molecule has 3 aliphatic rings. The van der Waals surface area contributed by atoms with Crippen LogP contribution in [-0.4, -0.2) is 31.3 Å². The number of esters is 1. The van der Waals surface area contributed by atoms with Crippen LogP contribution in [0.15, 0.2) is 35.9 Å². The highest BCUT2D eigenvalue weighted by atomic mass is 16.5. The fourth-order valence-electron chi connectivity index (χ4n) is 4.49. The van der Waals surface area contributed by atoms with Crippen LogP contribution in [0.25, 0.3) is 0 Å². The van der Waals surface area contributed by atoms with Crippen molar-refractivity contribution in [3.8, 4) is 0 Å². The molecule has 5 heteroatoms. The van der Waals surface area contributed by atoms with Gasteiger partial charge in [-0.2, -0.15) is 0 Å². The predicted molar refractivity (Wildman–Crippen MR) is 86.2 cm³/mol. The molecule has 1 N–H and O–H groups in total. The maximum atomic E-state index is 12.7. The monoisotopic (exact) mass is 325 g/mol. The fraction of sp³-hybridized carbons (Fsp3) is 0.421. The zero-order chi connectivity index (χ0) is 16.9. The molecule has 1 fully saturated rings. The summed E-state index contributed by atoms with van der Waals surface area (Å²) >= 11 is 0. The van der Waals surface area contributed by atoms with Gasteiger partial charge < -0.3 is 10.1 Å². The Kier molecular flexibility index (Phi) is 3.34. The molecule has 1 aromatic carbocycles. The van der Waals surface area contributed by atoms with E-state index in [0.29, 0.717) is 18.5 Å². The van der Waals surface area contributed by atoms with E-state index in [1.807, 2.05) is 30.3 Å². The molecule has 2 bridgehead atoms. The number of hydrogen-bond acceptors (Lipinski definition) is 4. The van der Waals surface area contributed by atoms with Crippen LogP contribution in [0, 0.1) is 11.3 Å². The van der Waals surface area contributed by atoms with Crippen molar-refractivity contribution in [3.63, 3.8) is 0 Å². The van der Waals surface area contributed by atoms with Crippen LogP contribution in [0.1, 0.15) is 29.9 Å². The zero-order valence-electron chi connectivity index (χ0n) is 13.5. The third-order valence-electron chi connectivity index (χ3n) is 5.64. The van der Waals surface area contributed by atoms with E-state index in [1.54, 1.807) is 0 Å². The summed E-state index contributed by atoms with van der Waals surface area (Å²) in [6.07, 6.45) is 3.29. The van der Waals surface area contributed by atoms with Crippen LogP contribution in [0.2, 0.25) is 0 Å². The summed E-state index contributed by atoms with van der Waals surface area (Å²) < 4.78 is 5.02. The van der Waals surface area contributed by atoms with E-state index < -0.39 is 11.4 Å². The van der Waals surface area contributed by atoms with Gasteiger partial charge in [-0.15, -0.1) is 0 Å². The molecule has 4 rings (SSSR count). The summed E-state index contributed by atoms with van der Waals surface area (Å²) in [5.74, 6) is -1.03. The van der Waals surface area contributed by atoms with Crippen molar-refractivity contribution in [2.45, 2.75) is 25.2 Å². The van der Waals surface area contributed by atoms with Crippen LogP contribution >= 0.6 is 0 Å². The summed E-state index contributed by atoms with van der Waals surface area (Å²) in [6, 6.07) is 7.91. The molecule has 1 heterocycles. The van der Waals surface area contributed by atoms with Crippen molar-refractivity contribution < 1.29 is 19.1 Å². The average molecular weight is 325 g/mol. The highest BCUT2D eigenvalue weighted by Gasteiger charge is 2.59. The minimum Gasteiger partial charge on any atom is -0.468 e. The number of carbonyl (C=O) groups excluding carboxylic acids is 3. The Morgan fingerprint density at radius 3 is 2.83 bits per heavy atom. The lowest BCUT2D eigenvalue weighted by atomic mass is 9.68. The minimum atomic E-state index is -1.36. The Morgan fingerprint density at radius 2 is 2.04 bits per heavy atom. The highest BCUT2D eigenvalue weighted by Crippen LogP contribution is 2.49. The van der Waals surface area contributed by atoms with Gasteiger partial charge >= 0.3 is 5.97 Å². The largest absolute Gasteiger partial charge is 0.468 e. The first kappa shape index (κ1) is 15.1. The molecule has 124 valence electrons. The molecule has 1 aromatic rings. The number of amides is 1. The maximum Gasteiger partial charge on any atom is 0.322 e. The molecule has 2 unspecified atom stereocenters. The quantitative estimate of drug-likeness (QED) is 0.628. The van der Waals surface area contributed by atoms with E-state index in [0.717, 1.165) is 17.5 Å². The molecule has 5 nitrogen and oxygen atoms in total. The second-order valence-corrected chi connectivity index (χ2v) is 6.88. The van der Waals surface area contributed by atoms with Crippen LogP contribution in [0.3, 0.4) is 0 Å². The normalized spacial score (nSPS) is 31.1. The molecule has 0 saturated carbocycles. The minimum absolute atomic E-state index is 0.0427. The number of methoxy groups -OCH3 is 1. The van der Waals surface area contributed by atoms with Gasteiger partial charge in [0.15, 0.2) is 11.2 Å². The van der Waals surface area contributed by atoms with Gasteiger partial charge in [-0.05, 0) is 29.0 Å². The first-order valence-corrected chi connectivity index (χ1v) is 8.24. The van der Waals surface area contributed by atoms with Gasteiger partial charge in [0.05, 0.1) is 7.11 Å². The molecule has 0 spiro atoms. The highest BCUT2D eigenvalue weighted by molar-refractivity contribution is 6.08. The first-order chi connectivity index (χ1) is 11.6. The standard InChI is InChI=1S/C19H19NO4/c1-24-18(23)19-9-13-7-11(8-16(13)21)6-12-4-2-3-5-14(12)15(19)10-20-17(19)22/h2-5,7,11,15H,6,8-10H2,1H3,(H,20,22)/t11?,15-,19?/m0/s1. The Labute approximate surface area is 140 Å². The smallest absolute Gasteiger partial charge is 0.322 e. The molecule has 3 atom stereocenters. The second kappa shape index (κ2) is 5.30. The average Bonchev–Trinajstić information content (AvgIpc) is 3.10. The molecule has 2 aliphatic carbocycles. The zero-order valence-corrected chi connectivity index (χ0v) is 13.5. The summed E-state index contributed by atoms with van der Waals surface area (Å²) in [5.41, 5.74) is 1.35. The molecular weight excluding hydrogens is 306 g/mol. The number of hydrogen-bond donors (Lipinski definition) is 1. The molecule has 1 saturated heterocycles. The van der Waals surface area contributed by atoms with E-state index in [4.69, 9.17) is 4.74 Å². The third kappa shape index (κ3) is 1.97. The third-order valence-corrected chi connectivity index (χ3v) is 5.64. The second-order valence-electron chi connectivity index (χ2n) is 6.88. The van der Waals surface area contributed by atoms with Crippen molar-refractivity contribution in [2.75, 3.05) is 13.7 Å². The first-order valence-electron chi connectivity index (χ1n) is 8.24. The number of ether oxygens (including phenoxy) is 1. The van der Waals surface area contributed by atoms with Crippen LogP contribution < -0.4 is 5.32 Å². The lowest BCUT2D eigenvalue weighted by Gasteiger charge is -2.31. The number of Topliss-reactive ketones (excluding diaryl/α,β-unsaturated/α-hetero) is 1. The van der Waals surface area contributed by atoms with Crippen molar-refractivity contribution in [1.82, 2.24) is 5.32 Å². The summed E-state index contributed by atoms with van der Waals surface area (Å²) in [4.78, 5) is 37.9. The van der Waals surface area contributed by atoms with Crippen molar-refractivity contribution in [3.05, 3.63) is 47.0 Å². The number of ketones is 1. The SMILES string of the molecule is COC(=O)C12CC3=CC(CC3=O)Cc3ccccc3[C@@H]1CNC2=O. The van der Waals surface area contributed by atoms with Gasteiger partial charge in [0.1, 0.15) is 0 Å². The van der Waals surface area contributed by atoms with Gasteiger partial charge in [-0.25, -0.2) is 0 Å². The Hall–Kier alpha value is -2.43. The lowest BCUT2D eigenvalue weighted by molar-refractivity contribution is -0.157. The number of rotatable bonds is 1. The van der Waals surface area contributed by atoms with E-state index >= 15 is 0 Å². The van der Waals surface area contributed by atoms with Crippen molar-refractivity contribution in [1.29, 1.82) is 0 Å². The Bertz CT molecular complexity index is 781. The summed E-state index contributed by atoms with van der Waals surface area (Å²) in [7, 11) is 1.30. The summed E-state index contributed by atoms with van der Waals surface area (Å²) in [6.45, 7) is 0.386. The number of carbonyl (C=O) groups is 3. The Morgan fingerprint density at radius 1 is 1.25 bits per heavy atom. The number of fused-ring (bicyclic) bond motifs is 4. The van der Waals surface area contributed by atoms with Gasteiger partial charge in [-0.1, -0.05) is 30.3 Å². The van der Waals surface area contributed by atoms with Gasteiger partial charge in [0, 0.05) is 25.3 Å². The van der Waals surface area contributed by atoms with Gasteiger partial charge in [0.25, 0.3) is 0 Å². The predicted octanol–water partition coefficient (Wildman–Crippen LogP) is 1.52.